The molecular weight excluding hydrogens is 112 g/mol. The van der Waals surface area contributed by atoms with Crippen molar-refractivity contribution in [3.8, 4) is 0 Å². The van der Waals surface area contributed by atoms with Crippen LogP contribution >= 0.6 is 0 Å². The molecule has 0 aromatic carbocycles. The molecule has 1 atom stereocenters. The number of Topliss-reactive ketones (excluding diaryl/α,β-unsaturated/α-hetero) is 1. The Morgan fingerprint density at radius 1 is 1.78 bits per heavy atom. The number of hydrogen-bond acceptors (Lipinski definition) is 1. The molecule has 0 saturated heterocycles. The van der Waals surface area contributed by atoms with Crippen molar-refractivity contribution in [2.24, 2.45) is 5.92 Å². The van der Waals surface area contributed by atoms with Gasteiger partial charge in [-0.05, 0) is 19.8 Å². The van der Waals surface area contributed by atoms with Crippen LogP contribution in [0.2, 0.25) is 0 Å². The van der Waals surface area contributed by atoms with E-state index in [9.17, 15) is 4.79 Å². The highest BCUT2D eigenvalue weighted by molar-refractivity contribution is 5.78. The molecule has 0 aliphatic rings. The number of ketones is 1. The molecule has 0 bridgehead atoms. The monoisotopic (exact) mass is 126 g/mol. The molecule has 0 saturated carbocycles. The maximum atomic E-state index is 10.7. The lowest BCUT2D eigenvalue weighted by Gasteiger charge is -2.05. The Bertz CT molecular complexity index is 105. The van der Waals surface area contributed by atoms with Gasteiger partial charge in [0.05, 0.1) is 0 Å². The third-order valence-electron chi connectivity index (χ3n) is 1.52. The van der Waals surface area contributed by atoms with Gasteiger partial charge < -0.3 is 0 Å². The van der Waals surface area contributed by atoms with Crippen molar-refractivity contribution in [3.63, 3.8) is 0 Å². The van der Waals surface area contributed by atoms with Crippen LogP contribution in [-0.4, -0.2) is 5.78 Å². The van der Waals surface area contributed by atoms with Gasteiger partial charge in [0.2, 0.25) is 0 Å². The molecule has 9 heavy (non-hydrogen) atoms. The summed E-state index contributed by atoms with van der Waals surface area (Å²) in [6.45, 7) is 7.24. The number of carbonyl (C=O) groups is 1. The van der Waals surface area contributed by atoms with Crippen molar-refractivity contribution in [2.45, 2.75) is 26.7 Å². The molecule has 0 rings (SSSR count). The minimum absolute atomic E-state index is 0.211. The Labute approximate surface area is 56.8 Å². The first-order valence-electron chi connectivity index (χ1n) is 3.33. The Balaban J connectivity index is 3.67. The molecule has 1 heteroatoms. The number of allylic oxidation sites excluding steroid dienone is 1. The average molecular weight is 126 g/mol. The van der Waals surface area contributed by atoms with Crippen LogP contribution in [0.3, 0.4) is 0 Å². The highest BCUT2D eigenvalue weighted by atomic mass is 16.1. The van der Waals surface area contributed by atoms with Crippen molar-refractivity contribution >= 4 is 5.78 Å². The van der Waals surface area contributed by atoms with Gasteiger partial charge in [-0.15, -0.1) is 6.58 Å². The lowest BCUT2D eigenvalue weighted by atomic mass is 9.99. The fourth-order valence-electron chi connectivity index (χ4n) is 0.821. The van der Waals surface area contributed by atoms with Gasteiger partial charge in [-0.2, -0.15) is 0 Å². The van der Waals surface area contributed by atoms with E-state index in [1.54, 1.807) is 13.0 Å². The van der Waals surface area contributed by atoms with Crippen LogP contribution < -0.4 is 0 Å². The van der Waals surface area contributed by atoms with Crippen LogP contribution in [0.15, 0.2) is 12.7 Å². The topological polar surface area (TPSA) is 17.1 Å². The summed E-state index contributed by atoms with van der Waals surface area (Å²) >= 11 is 0. The molecule has 0 fully saturated rings. The van der Waals surface area contributed by atoms with Crippen LogP contribution in [0, 0.1) is 5.92 Å². The molecule has 0 N–H and O–H groups in total. The van der Waals surface area contributed by atoms with E-state index in [0.29, 0.717) is 0 Å². The molecule has 0 unspecified atom stereocenters. The lowest BCUT2D eigenvalue weighted by molar-refractivity contribution is -0.120. The van der Waals surface area contributed by atoms with Gasteiger partial charge in [0.25, 0.3) is 0 Å². The second-order valence-electron chi connectivity index (χ2n) is 2.24. The molecule has 0 aliphatic heterocycles. The molecule has 0 amide bonds. The van der Waals surface area contributed by atoms with Crippen molar-refractivity contribution in [1.29, 1.82) is 0 Å². The maximum absolute atomic E-state index is 10.7. The molecule has 0 aliphatic carbocycles. The Hall–Kier alpha value is -0.590. The second kappa shape index (κ2) is 4.30. The van der Waals surface area contributed by atoms with Crippen molar-refractivity contribution in [2.75, 3.05) is 0 Å². The van der Waals surface area contributed by atoms with Gasteiger partial charge in [0.1, 0.15) is 5.78 Å². The summed E-state index contributed by atoms with van der Waals surface area (Å²) in [6.07, 6.45) is 3.56. The van der Waals surface area contributed by atoms with Crippen LogP contribution in [0.1, 0.15) is 26.7 Å². The summed E-state index contributed by atoms with van der Waals surface area (Å²) in [7, 11) is 0. The van der Waals surface area contributed by atoms with Gasteiger partial charge in [-0.25, -0.2) is 0 Å². The summed E-state index contributed by atoms with van der Waals surface area (Å²) in [5.41, 5.74) is 0. The molecule has 1 nitrogen and oxygen atoms in total. The number of hydrogen-bond donors (Lipinski definition) is 0. The smallest absolute Gasteiger partial charge is 0.133 e. The third-order valence-corrected chi connectivity index (χ3v) is 1.52. The maximum Gasteiger partial charge on any atom is 0.133 e. The summed E-state index contributed by atoms with van der Waals surface area (Å²) in [5, 5.41) is 0. The molecule has 0 radical (unpaired) electrons. The number of rotatable bonds is 4. The van der Waals surface area contributed by atoms with E-state index < -0.39 is 0 Å². The van der Waals surface area contributed by atoms with Crippen LogP contribution in [0.25, 0.3) is 0 Å². The molecule has 52 valence electrons. The first kappa shape index (κ1) is 8.41. The van der Waals surface area contributed by atoms with Gasteiger partial charge in [-0.1, -0.05) is 13.0 Å². The van der Waals surface area contributed by atoms with Crippen molar-refractivity contribution < 1.29 is 4.79 Å². The van der Waals surface area contributed by atoms with Crippen LogP contribution in [0.5, 0.6) is 0 Å². The molecule has 0 heterocycles. The molecule has 0 spiro atoms. The first-order chi connectivity index (χ1) is 4.22. The fraction of sp³-hybridized carbons (Fsp3) is 0.625. The standard InChI is InChI=1S/C8H14O/c1-4-6-8(5-2)7(3)9/h4,8H,1,5-6H2,2-3H3/t8-/m0/s1. The minimum atomic E-state index is 0.211. The van der Waals surface area contributed by atoms with Gasteiger partial charge in [0, 0.05) is 5.92 Å². The Kier molecular flexibility index (Phi) is 4.02. The van der Waals surface area contributed by atoms with E-state index in [-0.39, 0.29) is 11.7 Å². The lowest BCUT2D eigenvalue weighted by Crippen LogP contribution is -2.07. The third kappa shape index (κ3) is 3.07. The number of carbonyl (C=O) groups excluding carboxylic acids is 1. The fourth-order valence-corrected chi connectivity index (χ4v) is 0.821. The zero-order valence-electron chi connectivity index (χ0n) is 6.18. The Morgan fingerprint density at radius 2 is 2.33 bits per heavy atom. The van der Waals surface area contributed by atoms with E-state index in [2.05, 4.69) is 6.58 Å². The zero-order chi connectivity index (χ0) is 7.28. The van der Waals surface area contributed by atoms with Gasteiger partial charge >= 0.3 is 0 Å². The molecule has 0 aromatic rings. The van der Waals surface area contributed by atoms with E-state index in [1.165, 1.54) is 0 Å². The highest BCUT2D eigenvalue weighted by Gasteiger charge is 2.07. The SMILES string of the molecule is C=CC[C@H](CC)C(C)=O. The quantitative estimate of drug-likeness (QED) is 0.528. The molecular formula is C8H14O. The molecule has 0 aromatic heterocycles. The van der Waals surface area contributed by atoms with E-state index in [0.717, 1.165) is 12.8 Å². The van der Waals surface area contributed by atoms with Crippen molar-refractivity contribution in [1.82, 2.24) is 0 Å². The van der Waals surface area contributed by atoms with E-state index in [1.807, 2.05) is 6.92 Å². The minimum Gasteiger partial charge on any atom is -0.300 e. The zero-order valence-corrected chi connectivity index (χ0v) is 6.18. The Morgan fingerprint density at radius 3 is 2.44 bits per heavy atom. The first-order valence-corrected chi connectivity index (χ1v) is 3.33. The summed E-state index contributed by atoms with van der Waals surface area (Å²) in [5.74, 6) is 0.486. The van der Waals surface area contributed by atoms with Gasteiger partial charge in [0.15, 0.2) is 0 Å². The van der Waals surface area contributed by atoms with Crippen LogP contribution in [-0.2, 0) is 4.79 Å². The summed E-state index contributed by atoms with van der Waals surface area (Å²) in [4.78, 5) is 10.7. The largest absolute Gasteiger partial charge is 0.300 e. The highest BCUT2D eigenvalue weighted by Crippen LogP contribution is 2.08. The predicted octanol–water partition coefficient (Wildman–Crippen LogP) is 2.18. The second-order valence-corrected chi connectivity index (χ2v) is 2.24. The average Bonchev–Trinajstić information content (AvgIpc) is 1.82. The van der Waals surface area contributed by atoms with E-state index >= 15 is 0 Å². The van der Waals surface area contributed by atoms with Crippen LogP contribution in [0.4, 0.5) is 0 Å². The normalized spacial score (nSPS) is 12.7. The summed E-state index contributed by atoms with van der Waals surface area (Å²) in [6, 6.07) is 0. The van der Waals surface area contributed by atoms with Gasteiger partial charge in [-0.3, -0.25) is 4.79 Å². The predicted molar refractivity (Wildman–Crippen MR) is 39.3 cm³/mol. The van der Waals surface area contributed by atoms with Crippen molar-refractivity contribution in [3.05, 3.63) is 12.7 Å². The summed E-state index contributed by atoms with van der Waals surface area (Å²) < 4.78 is 0. The van der Waals surface area contributed by atoms with E-state index in [4.69, 9.17) is 0 Å².